The standard InChI is InChI=1S/C14H19FN2O3/c1-14(2,3)17(9-12(18)19)13(20)16-8-10-6-4-5-7-11(10)15/h4-7H,8-9H2,1-3H3,(H,16,20)(H,18,19). The lowest BCUT2D eigenvalue weighted by Crippen LogP contribution is -2.52. The Hall–Kier alpha value is -2.11. The van der Waals surface area contributed by atoms with Crippen molar-refractivity contribution in [2.75, 3.05) is 6.54 Å². The van der Waals surface area contributed by atoms with Crippen LogP contribution < -0.4 is 5.32 Å². The van der Waals surface area contributed by atoms with Gasteiger partial charge in [0.05, 0.1) is 0 Å². The number of amides is 2. The number of rotatable bonds is 4. The number of hydrogen-bond acceptors (Lipinski definition) is 2. The van der Waals surface area contributed by atoms with Crippen LogP contribution in [0.3, 0.4) is 0 Å². The maximum atomic E-state index is 13.4. The molecule has 6 heteroatoms. The molecule has 0 saturated heterocycles. The molecule has 0 heterocycles. The quantitative estimate of drug-likeness (QED) is 0.889. The summed E-state index contributed by atoms with van der Waals surface area (Å²) >= 11 is 0. The van der Waals surface area contributed by atoms with Crippen LogP contribution in [0, 0.1) is 5.82 Å². The van der Waals surface area contributed by atoms with Crippen molar-refractivity contribution >= 4 is 12.0 Å². The van der Waals surface area contributed by atoms with Crippen molar-refractivity contribution in [3.8, 4) is 0 Å². The van der Waals surface area contributed by atoms with Gasteiger partial charge >= 0.3 is 12.0 Å². The Morgan fingerprint density at radius 1 is 1.30 bits per heavy atom. The fourth-order valence-electron chi connectivity index (χ4n) is 1.66. The lowest BCUT2D eigenvalue weighted by molar-refractivity contribution is -0.138. The van der Waals surface area contributed by atoms with Crippen LogP contribution in [-0.4, -0.2) is 34.1 Å². The van der Waals surface area contributed by atoms with Gasteiger partial charge in [0.25, 0.3) is 0 Å². The maximum Gasteiger partial charge on any atom is 0.323 e. The van der Waals surface area contributed by atoms with E-state index in [1.807, 2.05) is 0 Å². The molecule has 0 saturated carbocycles. The second kappa shape index (κ2) is 6.36. The highest BCUT2D eigenvalue weighted by molar-refractivity contribution is 5.80. The van der Waals surface area contributed by atoms with E-state index in [1.165, 1.54) is 11.0 Å². The molecule has 0 atom stereocenters. The Balaban J connectivity index is 2.72. The molecule has 0 aromatic heterocycles. The number of carbonyl (C=O) groups excluding carboxylic acids is 1. The highest BCUT2D eigenvalue weighted by Crippen LogP contribution is 2.13. The number of nitrogens with one attached hydrogen (secondary N) is 1. The molecule has 1 aromatic carbocycles. The molecular weight excluding hydrogens is 263 g/mol. The van der Waals surface area contributed by atoms with Gasteiger partial charge in [-0.3, -0.25) is 4.79 Å². The van der Waals surface area contributed by atoms with Gasteiger partial charge in [-0.05, 0) is 26.8 Å². The summed E-state index contributed by atoms with van der Waals surface area (Å²) in [6, 6.07) is 5.56. The molecule has 0 fully saturated rings. The number of carboxylic acid groups (broad SMARTS) is 1. The van der Waals surface area contributed by atoms with Crippen molar-refractivity contribution in [2.24, 2.45) is 0 Å². The number of urea groups is 1. The summed E-state index contributed by atoms with van der Waals surface area (Å²) in [5.41, 5.74) is -0.289. The van der Waals surface area contributed by atoms with Crippen LogP contribution in [0.5, 0.6) is 0 Å². The summed E-state index contributed by atoms with van der Waals surface area (Å²) in [5.74, 6) is -1.51. The van der Waals surface area contributed by atoms with Gasteiger partial charge in [0.1, 0.15) is 12.4 Å². The van der Waals surface area contributed by atoms with Crippen LogP contribution in [0.2, 0.25) is 0 Å². The SMILES string of the molecule is CC(C)(C)N(CC(=O)O)C(=O)NCc1ccccc1F. The van der Waals surface area contributed by atoms with E-state index in [0.29, 0.717) is 5.56 Å². The third-order valence-electron chi connectivity index (χ3n) is 2.74. The van der Waals surface area contributed by atoms with Crippen LogP contribution >= 0.6 is 0 Å². The number of benzene rings is 1. The van der Waals surface area contributed by atoms with E-state index in [1.54, 1.807) is 39.0 Å². The first-order valence-corrected chi connectivity index (χ1v) is 6.22. The summed E-state index contributed by atoms with van der Waals surface area (Å²) in [5, 5.41) is 11.4. The maximum absolute atomic E-state index is 13.4. The van der Waals surface area contributed by atoms with E-state index in [-0.39, 0.29) is 6.54 Å². The van der Waals surface area contributed by atoms with Gasteiger partial charge in [0.15, 0.2) is 0 Å². The van der Waals surface area contributed by atoms with Gasteiger partial charge in [-0.25, -0.2) is 9.18 Å². The number of nitrogens with zero attached hydrogens (tertiary/aromatic N) is 1. The Labute approximate surface area is 117 Å². The molecule has 0 spiro atoms. The van der Waals surface area contributed by atoms with Crippen LogP contribution in [0.4, 0.5) is 9.18 Å². The zero-order chi connectivity index (χ0) is 15.3. The van der Waals surface area contributed by atoms with Crippen molar-refractivity contribution in [2.45, 2.75) is 32.9 Å². The van der Waals surface area contributed by atoms with Crippen LogP contribution in [-0.2, 0) is 11.3 Å². The van der Waals surface area contributed by atoms with Crippen molar-refractivity contribution in [1.82, 2.24) is 10.2 Å². The van der Waals surface area contributed by atoms with Crippen LogP contribution in [0.15, 0.2) is 24.3 Å². The Bertz CT molecular complexity index is 497. The van der Waals surface area contributed by atoms with Crippen molar-refractivity contribution in [3.05, 3.63) is 35.6 Å². The van der Waals surface area contributed by atoms with Gasteiger partial charge in [0, 0.05) is 17.6 Å². The van der Waals surface area contributed by atoms with E-state index < -0.39 is 29.9 Å². The topological polar surface area (TPSA) is 69.6 Å². The summed E-state index contributed by atoms with van der Waals surface area (Å²) in [6.07, 6.45) is 0. The van der Waals surface area contributed by atoms with Crippen LogP contribution in [0.25, 0.3) is 0 Å². The van der Waals surface area contributed by atoms with Crippen LogP contribution in [0.1, 0.15) is 26.3 Å². The fourth-order valence-corrected chi connectivity index (χ4v) is 1.66. The predicted octanol–water partition coefficient (Wildman–Crippen LogP) is 2.22. The Kier molecular flexibility index (Phi) is 5.07. The van der Waals surface area contributed by atoms with E-state index >= 15 is 0 Å². The number of carboxylic acids is 1. The monoisotopic (exact) mass is 282 g/mol. The van der Waals surface area contributed by atoms with Gasteiger partial charge in [0.2, 0.25) is 0 Å². The molecule has 1 rings (SSSR count). The van der Waals surface area contributed by atoms with E-state index in [2.05, 4.69) is 5.32 Å². The van der Waals surface area contributed by atoms with Gasteiger partial charge in [-0.1, -0.05) is 18.2 Å². The largest absolute Gasteiger partial charge is 0.480 e. The predicted molar refractivity (Wildman–Crippen MR) is 72.7 cm³/mol. The molecule has 20 heavy (non-hydrogen) atoms. The summed E-state index contributed by atoms with van der Waals surface area (Å²) < 4.78 is 13.4. The van der Waals surface area contributed by atoms with Crippen molar-refractivity contribution < 1.29 is 19.1 Å². The molecule has 0 bridgehead atoms. The lowest BCUT2D eigenvalue weighted by Gasteiger charge is -2.34. The first kappa shape index (κ1) is 15.9. The summed E-state index contributed by atoms with van der Waals surface area (Å²) in [4.78, 5) is 24.0. The summed E-state index contributed by atoms with van der Waals surface area (Å²) in [7, 11) is 0. The average molecular weight is 282 g/mol. The zero-order valence-corrected chi connectivity index (χ0v) is 11.8. The van der Waals surface area contributed by atoms with E-state index in [0.717, 1.165) is 0 Å². The first-order chi connectivity index (χ1) is 9.21. The van der Waals surface area contributed by atoms with Crippen molar-refractivity contribution in [1.29, 1.82) is 0 Å². The molecule has 0 aliphatic heterocycles. The second-order valence-corrected chi connectivity index (χ2v) is 5.40. The highest BCUT2D eigenvalue weighted by atomic mass is 19.1. The lowest BCUT2D eigenvalue weighted by atomic mass is 10.1. The second-order valence-electron chi connectivity index (χ2n) is 5.40. The Morgan fingerprint density at radius 3 is 2.40 bits per heavy atom. The summed E-state index contributed by atoms with van der Waals surface area (Å²) in [6.45, 7) is 4.81. The zero-order valence-electron chi connectivity index (χ0n) is 11.8. The minimum absolute atomic E-state index is 0.0116. The van der Waals surface area contributed by atoms with E-state index in [9.17, 15) is 14.0 Å². The first-order valence-electron chi connectivity index (χ1n) is 6.22. The molecule has 0 radical (unpaired) electrons. The molecule has 0 unspecified atom stereocenters. The normalized spacial score (nSPS) is 11.0. The molecule has 0 aliphatic carbocycles. The van der Waals surface area contributed by atoms with Gasteiger partial charge < -0.3 is 15.3 Å². The third kappa shape index (κ3) is 4.53. The Morgan fingerprint density at radius 2 is 1.90 bits per heavy atom. The molecular formula is C14H19FN2O3. The number of aliphatic carboxylic acids is 1. The van der Waals surface area contributed by atoms with Crippen molar-refractivity contribution in [3.63, 3.8) is 0 Å². The molecule has 5 nitrogen and oxygen atoms in total. The number of carbonyl (C=O) groups is 2. The molecule has 2 amide bonds. The molecule has 2 N–H and O–H groups in total. The third-order valence-corrected chi connectivity index (χ3v) is 2.74. The number of hydrogen-bond donors (Lipinski definition) is 2. The molecule has 110 valence electrons. The molecule has 0 aliphatic rings. The van der Waals surface area contributed by atoms with Gasteiger partial charge in [-0.2, -0.15) is 0 Å². The van der Waals surface area contributed by atoms with Gasteiger partial charge in [-0.15, -0.1) is 0 Å². The van der Waals surface area contributed by atoms with E-state index in [4.69, 9.17) is 5.11 Å². The fraction of sp³-hybridized carbons (Fsp3) is 0.429. The number of halogens is 1. The molecule has 1 aromatic rings. The highest BCUT2D eigenvalue weighted by Gasteiger charge is 2.28. The minimum Gasteiger partial charge on any atom is -0.480 e. The average Bonchev–Trinajstić information content (AvgIpc) is 2.33. The smallest absolute Gasteiger partial charge is 0.323 e. The minimum atomic E-state index is -1.10.